The third kappa shape index (κ3) is 5.18. The van der Waals surface area contributed by atoms with Crippen molar-refractivity contribution in [2.45, 2.75) is 51.8 Å². The first-order valence-corrected chi connectivity index (χ1v) is 14.6. The van der Waals surface area contributed by atoms with Crippen molar-refractivity contribution in [2.75, 3.05) is 46.8 Å². The second-order valence-corrected chi connectivity index (χ2v) is 12.8. The maximum Gasteiger partial charge on any atom is 0.410 e. The van der Waals surface area contributed by atoms with Gasteiger partial charge in [0, 0.05) is 43.8 Å². The Morgan fingerprint density at radius 3 is 2.48 bits per heavy atom. The topological polar surface area (TPSA) is 94.1 Å². The Kier molecular flexibility index (Phi) is 7.09. The number of aromatic nitrogens is 2. The molecule has 2 atom stereocenters. The van der Waals surface area contributed by atoms with E-state index in [1.54, 1.807) is 18.2 Å². The van der Waals surface area contributed by atoms with Gasteiger partial charge < -0.3 is 24.8 Å². The molecule has 42 heavy (non-hydrogen) atoms. The number of ether oxygens (including phenoxy) is 1. The van der Waals surface area contributed by atoms with Crippen molar-refractivity contribution in [3.63, 3.8) is 0 Å². The third-order valence-corrected chi connectivity index (χ3v) is 8.41. The summed E-state index contributed by atoms with van der Waals surface area (Å²) in [6.45, 7) is 9.43. The summed E-state index contributed by atoms with van der Waals surface area (Å²) in [5.74, 6) is 0.640. The van der Waals surface area contributed by atoms with E-state index in [0.717, 1.165) is 29.9 Å². The van der Waals surface area contributed by atoms with Crippen LogP contribution in [0.2, 0.25) is 10.0 Å². The molecule has 2 amide bonds. The molecular weight excluding hydrogens is 577 g/mol. The molecule has 0 radical (unpaired) electrons. The molecule has 4 heterocycles. The van der Waals surface area contributed by atoms with Crippen molar-refractivity contribution in [1.82, 2.24) is 14.9 Å². The number of carbonyl (C=O) groups is 2. The normalized spacial score (nSPS) is 19.8. The van der Waals surface area contributed by atoms with Gasteiger partial charge in [0.15, 0.2) is 0 Å². The third-order valence-electron chi connectivity index (χ3n) is 7.80. The summed E-state index contributed by atoms with van der Waals surface area (Å²) in [6, 6.07) is 11.7. The Hall–Kier alpha value is -3.76. The molecule has 3 aliphatic rings. The van der Waals surface area contributed by atoms with E-state index in [2.05, 4.69) is 39.2 Å². The van der Waals surface area contributed by atoms with Crippen LogP contribution in [0.4, 0.5) is 33.6 Å². The van der Waals surface area contributed by atoms with Crippen LogP contribution in [-0.4, -0.2) is 71.4 Å². The number of para-hydroxylation sites is 1. The van der Waals surface area contributed by atoms with E-state index in [1.807, 2.05) is 43.7 Å². The van der Waals surface area contributed by atoms with Crippen molar-refractivity contribution >= 4 is 64.0 Å². The highest BCUT2D eigenvalue weighted by molar-refractivity contribution is 6.40. The number of anilines is 5. The summed E-state index contributed by atoms with van der Waals surface area (Å²) in [7, 11) is 1.85. The molecule has 3 aromatic rings. The number of amides is 2. The van der Waals surface area contributed by atoms with E-state index < -0.39 is 5.60 Å². The number of rotatable bonds is 4. The van der Waals surface area contributed by atoms with E-state index in [9.17, 15) is 9.59 Å². The molecular formula is C30H33Cl2N7O3. The molecule has 12 heteroatoms. The molecule has 0 unspecified atom stereocenters. The Morgan fingerprint density at radius 2 is 1.83 bits per heavy atom. The molecule has 220 valence electrons. The largest absolute Gasteiger partial charge is 0.444 e. The predicted molar refractivity (Wildman–Crippen MR) is 166 cm³/mol. The smallest absolute Gasteiger partial charge is 0.410 e. The SMILES string of the molecule is Cc1cc(Nc2ncc3c(n2)N(C)CN(c2c(Cl)cccc2Cl)C3=O)ccc1N1C[C@H]2C[C@@H]1CN2C(=O)OC(C)(C)C. The lowest BCUT2D eigenvalue weighted by Crippen LogP contribution is -2.50. The maximum absolute atomic E-state index is 13.4. The van der Waals surface area contributed by atoms with Crippen molar-refractivity contribution in [3.05, 3.63) is 63.8 Å². The average molecular weight is 611 g/mol. The van der Waals surface area contributed by atoms with Gasteiger partial charge in [0.1, 0.15) is 17.0 Å². The van der Waals surface area contributed by atoms with E-state index >= 15 is 0 Å². The first-order chi connectivity index (χ1) is 19.9. The van der Waals surface area contributed by atoms with Gasteiger partial charge in [-0.3, -0.25) is 9.69 Å². The quantitative estimate of drug-likeness (QED) is 0.380. The van der Waals surface area contributed by atoms with Crippen LogP contribution in [-0.2, 0) is 4.74 Å². The summed E-state index contributed by atoms with van der Waals surface area (Å²) in [5.41, 5.74) is 3.41. The molecule has 1 N–H and O–H groups in total. The Morgan fingerprint density at radius 1 is 1.10 bits per heavy atom. The molecule has 3 aliphatic heterocycles. The number of halogens is 2. The van der Waals surface area contributed by atoms with Gasteiger partial charge in [-0.15, -0.1) is 0 Å². The van der Waals surface area contributed by atoms with Crippen molar-refractivity contribution in [1.29, 1.82) is 0 Å². The zero-order chi connectivity index (χ0) is 29.9. The summed E-state index contributed by atoms with van der Waals surface area (Å²) in [4.78, 5) is 42.7. The van der Waals surface area contributed by atoms with Gasteiger partial charge >= 0.3 is 6.09 Å². The Labute approximate surface area is 255 Å². The number of piperazine rings is 1. The summed E-state index contributed by atoms with van der Waals surface area (Å²) in [6.07, 6.45) is 2.23. The second-order valence-electron chi connectivity index (χ2n) is 12.0. The van der Waals surface area contributed by atoms with Gasteiger partial charge in [0.05, 0.1) is 28.4 Å². The minimum atomic E-state index is -0.504. The van der Waals surface area contributed by atoms with Gasteiger partial charge in [-0.05, 0) is 70.0 Å². The fourth-order valence-electron chi connectivity index (χ4n) is 5.97. The highest BCUT2D eigenvalue weighted by Gasteiger charge is 2.46. The summed E-state index contributed by atoms with van der Waals surface area (Å²) in [5, 5.41) is 4.08. The lowest BCUT2D eigenvalue weighted by atomic mass is 10.1. The number of carbonyl (C=O) groups excluding carboxylic acids is 2. The van der Waals surface area contributed by atoms with Gasteiger partial charge in [0.25, 0.3) is 5.91 Å². The van der Waals surface area contributed by atoms with Crippen LogP contribution in [0, 0.1) is 6.92 Å². The van der Waals surface area contributed by atoms with E-state index in [1.165, 1.54) is 11.1 Å². The highest BCUT2D eigenvalue weighted by atomic mass is 35.5. The van der Waals surface area contributed by atoms with E-state index in [4.69, 9.17) is 27.9 Å². The molecule has 10 nitrogen and oxygen atoms in total. The second kappa shape index (κ2) is 10.5. The number of hydrogen-bond acceptors (Lipinski definition) is 8. The fourth-order valence-corrected chi connectivity index (χ4v) is 6.58. The zero-order valence-corrected chi connectivity index (χ0v) is 25.7. The van der Waals surface area contributed by atoms with Crippen molar-refractivity contribution in [3.8, 4) is 0 Å². The molecule has 0 saturated carbocycles. The first kappa shape index (κ1) is 28.4. The van der Waals surface area contributed by atoms with Crippen molar-refractivity contribution in [2.24, 2.45) is 0 Å². The van der Waals surface area contributed by atoms with Crippen LogP contribution in [0.1, 0.15) is 43.1 Å². The monoisotopic (exact) mass is 609 g/mol. The maximum atomic E-state index is 13.4. The molecule has 6 rings (SSSR count). The molecule has 2 saturated heterocycles. The number of fused-ring (bicyclic) bond motifs is 3. The predicted octanol–water partition coefficient (Wildman–Crippen LogP) is 6.09. The number of benzene rings is 2. The minimum Gasteiger partial charge on any atom is -0.444 e. The van der Waals surface area contributed by atoms with Crippen LogP contribution >= 0.6 is 23.2 Å². The van der Waals surface area contributed by atoms with Crippen molar-refractivity contribution < 1.29 is 14.3 Å². The zero-order valence-electron chi connectivity index (χ0n) is 24.2. The van der Waals surface area contributed by atoms with Crippen LogP contribution in [0.3, 0.4) is 0 Å². The number of hydrogen-bond donors (Lipinski definition) is 1. The van der Waals surface area contributed by atoms with Crippen LogP contribution in [0.25, 0.3) is 0 Å². The standard InChI is InChI=1S/C30H33Cl2N7O3/c1-17-11-18(9-10-24(17)37-14-20-12-19(37)15-38(20)29(41)42-30(2,3)4)34-28-33-13-21-26(35-28)36(5)16-39(27(21)40)25-22(31)7-6-8-23(25)32/h6-11,13,19-20H,12,14-16H2,1-5H3,(H,33,34,35)/t19-,20-/m1/s1. The Bertz CT molecular complexity index is 1560. The molecule has 2 bridgehead atoms. The van der Waals surface area contributed by atoms with Gasteiger partial charge in [-0.25, -0.2) is 9.78 Å². The molecule has 0 spiro atoms. The van der Waals surface area contributed by atoms with Crippen LogP contribution in [0.5, 0.6) is 0 Å². The number of nitrogens with zero attached hydrogens (tertiary/aromatic N) is 6. The highest BCUT2D eigenvalue weighted by Crippen LogP contribution is 2.39. The van der Waals surface area contributed by atoms with E-state index in [0.29, 0.717) is 39.6 Å². The summed E-state index contributed by atoms with van der Waals surface area (Å²) < 4.78 is 5.61. The number of nitrogens with one attached hydrogen (secondary N) is 1. The number of likely N-dealkylation sites (tertiary alicyclic amines) is 1. The van der Waals surface area contributed by atoms with Crippen LogP contribution < -0.4 is 20.0 Å². The van der Waals surface area contributed by atoms with Gasteiger partial charge in [0.2, 0.25) is 5.95 Å². The molecule has 2 fully saturated rings. The van der Waals surface area contributed by atoms with E-state index in [-0.39, 0.29) is 30.8 Å². The van der Waals surface area contributed by atoms with Gasteiger partial charge in [-0.2, -0.15) is 4.98 Å². The lowest BCUT2D eigenvalue weighted by molar-refractivity contribution is 0.0214. The molecule has 0 aliphatic carbocycles. The molecule has 1 aromatic heterocycles. The number of aryl methyl sites for hydroxylation is 1. The first-order valence-electron chi connectivity index (χ1n) is 13.9. The lowest BCUT2D eigenvalue weighted by Gasteiger charge is -2.37. The molecule has 2 aromatic carbocycles. The Balaban J connectivity index is 1.15. The van der Waals surface area contributed by atoms with Gasteiger partial charge in [-0.1, -0.05) is 29.3 Å². The average Bonchev–Trinajstić information content (AvgIpc) is 3.52. The van der Waals surface area contributed by atoms with Crippen LogP contribution in [0.15, 0.2) is 42.6 Å². The summed E-state index contributed by atoms with van der Waals surface area (Å²) >= 11 is 12.8. The minimum absolute atomic E-state index is 0.149. The fraction of sp³-hybridized carbons (Fsp3) is 0.400.